The molecule has 2 aliphatic carbocycles. The fourth-order valence-electron chi connectivity index (χ4n) is 9.14. The first-order chi connectivity index (χ1) is 30.1. The molecule has 14 heteroatoms. The van der Waals surface area contributed by atoms with Gasteiger partial charge in [0, 0.05) is 46.5 Å². The molecule has 4 amide bonds. The number of thiophene rings is 1. The van der Waals surface area contributed by atoms with E-state index in [4.69, 9.17) is 21.2 Å². The summed E-state index contributed by atoms with van der Waals surface area (Å²) in [6.07, 6.45) is 0.806. The number of nitrogens with one attached hydrogen (secondary N) is 3. The molecular formula is C48H48ClN5O7S. The van der Waals surface area contributed by atoms with Crippen molar-refractivity contribution in [3.05, 3.63) is 130 Å². The first-order valence-electron chi connectivity index (χ1n) is 21.3. The molecular weight excluding hydrogens is 826 g/mol. The summed E-state index contributed by atoms with van der Waals surface area (Å²) in [5.41, 5.74) is 5.45. The van der Waals surface area contributed by atoms with Crippen molar-refractivity contribution >= 4 is 62.6 Å². The zero-order chi connectivity index (χ0) is 43.0. The lowest BCUT2D eigenvalue weighted by molar-refractivity contribution is -0.141. The average molecular weight is 874 g/mol. The quantitative estimate of drug-likeness (QED) is 0.0928. The van der Waals surface area contributed by atoms with Crippen LogP contribution in [0.25, 0.3) is 21.2 Å². The Morgan fingerprint density at radius 2 is 1.69 bits per heavy atom. The molecule has 0 radical (unpaired) electrons. The highest BCUT2D eigenvalue weighted by Crippen LogP contribution is 2.45. The third-order valence-electron chi connectivity index (χ3n) is 12.4. The van der Waals surface area contributed by atoms with Crippen LogP contribution in [0.5, 0.6) is 0 Å². The number of likely N-dealkylation sites (tertiary alicyclic amines) is 1. The molecule has 2 fully saturated rings. The van der Waals surface area contributed by atoms with E-state index in [0.717, 1.165) is 56.3 Å². The van der Waals surface area contributed by atoms with Crippen molar-refractivity contribution in [1.82, 2.24) is 20.9 Å². The third-order valence-corrected chi connectivity index (χ3v) is 13.7. The zero-order valence-corrected chi connectivity index (χ0v) is 35.8. The van der Waals surface area contributed by atoms with Gasteiger partial charge in [-0.1, -0.05) is 109 Å². The van der Waals surface area contributed by atoms with Crippen LogP contribution in [-0.2, 0) is 30.4 Å². The summed E-state index contributed by atoms with van der Waals surface area (Å²) in [6, 6.07) is 28.1. The lowest BCUT2D eigenvalue weighted by Crippen LogP contribution is -2.57. The summed E-state index contributed by atoms with van der Waals surface area (Å²) >= 11 is 7.88. The number of hydrogen-bond acceptors (Lipinski definition) is 9. The second-order valence-electron chi connectivity index (χ2n) is 16.8. The topological polar surface area (TPSA) is 159 Å². The number of amides is 4. The molecule has 1 unspecified atom stereocenters. The van der Waals surface area contributed by atoms with Crippen LogP contribution in [0.2, 0.25) is 5.02 Å². The summed E-state index contributed by atoms with van der Waals surface area (Å²) in [5.74, 6) is -1.80. The van der Waals surface area contributed by atoms with Crippen LogP contribution in [0.1, 0.15) is 73.6 Å². The fraction of sp³-hybridized carbons (Fsp3) is 0.354. The molecule has 5 aromatic rings. The summed E-state index contributed by atoms with van der Waals surface area (Å²) in [4.78, 5) is 64.4. The van der Waals surface area contributed by atoms with Crippen molar-refractivity contribution < 1.29 is 33.9 Å². The van der Waals surface area contributed by atoms with Crippen LogP contribution in [0, 0.1) is 0 Å². The number of fused-ring (bicyclic) bond motifs is 4. The van der Waals surface area contributed by atoms with Gasteiger partial charge in [-0.05, 0) is 76.0 Å². The predicted molar refractivity (Wildman–Crippen MR) is 238 cm³/mol. The Hall–Kier alpha value is -5.76. The Kier molecular flexibility index (Phi) is 11.8. The molecule has 1 spiro atoms. The van der Waals surface area contributed by atoms with Crippen molar-refractivity contribution in [2.24, 2.45) is 5.16 Å². The minimum absolute atomic E-state index is 0.0199. The summed E-state index contributed by atoms with van der Waals surface area (Å²) < 4.78 is 7.00. The van der Waals surface area contributed by atoms with Gasteiger partial charge >= 0.3 is 6.09 Å². The number of halogens is 1. The molecule has 4 aliphatic rings. The highest BCUT2D eigenvalue weighted by atomic mass is 35.5. The van der Waals surface area contributed by atoms with Crippen molar-refractivity contribution in [2.45, 2.75) is 93.7 Å². The number of alkyl carbamates (subject to hydrolysis) is 1. The van der Waals surface area contributed by atoms with Gasteiger partial charge in [-0.2, -0.15) is 0 Å². The van der Waals surface area contributed by atoms with E-state index in [1.165, 1.54) is 4.90 Å². The molecule has 4 N–H and O–H groups in total. The summed E-state index contributed by atoms with van der Waals surface area (Å²) in [7, 11) is 0. The SMILES string of the molecule is CCC[C@@H](NC(=O)[C@@H]1C[C@]2(CC(c3cccc(Cl)c3)=NO2)CN1C(=O)[C@H](Cc1csc2ccccc12)NC(=O)OCC1c2ccccc2-c2ccccc21)C(O)C(=O)NC1CC1. The third kappa shape index (κ3) is 8.53. The summed E-state index contributed by atoms with van der Waals surface area (Å²) in [5, 5.41) is 27.7. The molecule has 3 heterocycles. The van der Waals surface area contributed by atoms with Gasteiger partial charge in [0.2, 0.25) is 11.8 Å². The van der Waals surface area contributed by atoms with Crippen molar-refractivity contribution in [1.29, 1.82) is 0 Å². The van der Waals surface area contributed by atoms with E-state index in [1.807, 2.05) is 85.1 Å². The van der Waals surface area contributed by atoms with E-state index in [-0.39, 0.29) is 44.4 Å². The van der Waals surface area contributed by atoms with Crippen molar-refractivity contribution in [3.8, 4) is 11.1 Å². The van der Waals surface area contributed by atoms with Gasteiger partial charge in [0.1, 0.15) is 18.7 Å². The van der Waals surface area contributed by atoms with E-state index >= 15 is 4.79 Å². The van der Waals surface area contributed by atoms with E-state index in [1.54, 1.807) is 23.5 Å². The van der Waals surface area contributed by atoms with Gasteiger partial charge in [0.05, 0.1) is 18.3 Å². The van der Waals surface area contributed by atoms with Crippen LogP contribution < -0.4 is 16.0 Å². The van der Waals surface area contributed by atoms with Crippen LogP contribution in [-0.4, -0.2) is 88.6 Å². The van der Waals surface area contributed by atoms with Crippen LogP contribution in [0.3, 0.4) is 0 Å². The van der Waals surface area contributed by atoms with Gasteiger partial charge in [-0.15, -0.1) is 11.3 Å². The monoisotopic (exact) mass is 873 g/mol. The molecule has 62 heavy (non-hydrogen) atoms. The number of nitrogens with zero attached hydrogens (tertiary/aromatic N) is 2. The predicted octanol–water partition coefficient (Wildman–Crippen LogP) is 7.09. The maximum absolute atomic E-state index is 15.2. The van der Waals surface area contributed by atoms with Gasteiger partial charge in [0.25, 0.3) is 5.91 Å². The van der Waals surface area contributed by atoms with Gasteiger partial charge in [0.15, 0.2) is 11.7 Å². The Morgan fingerprint density at radius 3 is 2.42 bits per heavy atom. The normalized spacial score (nSPS) is 20.5. The number of rotatable bonds is 14. The maximum Gasteiger partial charge on any atom is 0.407 e. The van der Waals surface area contributed by atoms with E-state index in [2.05, 4.69) is 33.2 Å². The molecule has 5 atom stereocenters. The largest absolute Gasteiger partial charge is 0.449 e. The highest BCUT2D eigenvalue weighted by Gasteiger charge is 2.55. The van der Waals surface area contributed by atoms with E-state index in [9.17, 15) is 19.5 Å². The molecule has 4 aromatic carbocycles. The second kappa shape index (κ2) is 17.5. The molecule has 0 bridgehead atoms. The Bertz CT molecular complexity index is 2510. The number of oxime groups is 1. The molecule has 320 valence electrons. The minimum atomic E-state index is -1.49. The number of aliphatic hydroxyl groups is 1. The zero-order valence-electron chi connectivity index (χ0n) is 34.2. The molecule has 9 rings (SSSR count). The average Bonchev–Trinajstić information content (AvgIpc) is 3.57. The number of carbonyl (C=O) groups is 4. The first-order valence-corrected chi connectivity index (χ1v) is 22.5. The van der Waals surface area contributed by atoms with Crippen LogP contribution in [0.4, 0.5) is 4.79 Å². The van der Waals surface area contributed by atoms with E-state index < -0.39 is 53.6 Å². The van der Waals surface area contributed by atoms with Gasteiger partial charge < -0.3 is 35.5 Å². The van der Waals surface area contributed by atoms with Crippen molar-refractivity contribution in [3.63, 3.8) is 0 Å². The van der Waals surface area contributed by atoms with Crippen molar-refractivity contribution in [2.75, 3.05) is 13.2 Å². The number of aliphatic hydroxyl groups excluding tert-OH is 1. The molecule has 1 aromatic heterocycles. The van der Waals surface area contributed by atoms with Crippen LogP contribution in [0.15, 0.2) is 108 Å². The van der Waals surface area contributed by atoms with Gasteiger partial charge in [-0.3, -0.25) is 14.4 Å². The lowest BCUT2D eigenvalue weighted by atomic mass is 9.91. The first kappa shape index (κ1) is 41.6. The van der Waals surface area contributed by atoms with Crippen LogP contribution >= 0.6 is 22.9 Å². The highest BCUT2D eigenvalue weighted by molar-refractivity contribution is 7.17. The smallest absolute Gasteiger partial charge is 0.407 e. The minimum Gasteiger partial charge on any atom is -0.449 e. The molecule has 1 saturated heterocycles. The maximum atomic E-state index is 15.2. The fourth-order valence-corrected chi connectivity index (χ4v) is 10.3. The Balaban J connectivity index is 0.999. The number of hydrogen-bond donors (Lipinski definition) is 4. The second-order valence-corrected chi connectivity index (χ2v) is 18.1. The number of carbonyl (C=O) groups excluding carboxylic acids is 4. The number of ether oxygens (including phenoxy) is 1. The standard InChI is InChI=1S/C48H48ClN5O7S/c1-2-10-38(43(55)45(57)50-31-19-20-31)51-44(56)41-24-48(23-40(53-61-48)28-11-9-12-30(49)21-28)27-54(41)46(58)39(22-29-26-62-42-18-8-7-13-32(29)42)52-47(59)60-25-37-35-16-5-3-14-33(35)34-15-4-6-17-36(34)37/h3-9,11-18,21,26,31,37-39,41,43,55H,2,10,19-20,22-25,27H2,1H3,(H,50,57)(H,51,56)(H,52,59)/t38-,39+,41+,43?,48-/m1/s1. The van der Waals surface area contributed by atoms with Gasteiger partial charge in [-0.25, -0.2) is 4.79 Å². The molecule has 2 aliphatic heterocycles. The number of benzene rings is 4. The molecule has 1 saturated carbocycles. The Labute approximate surface area is 368 Å². The van der Waals surface area contributed by atoms with E-state index in [0.29, 0.717) is 23.6 Å². The lowest BCUT2D eigenvalue weighted by Gasteiger charge is -2.30. The summed E-state index contributed by atoms with van der Waals surface area (Å²) in [6.45, 7) is 1.93. The molecule has 12 nitrogen and oxygen atoms in total. The Morgan fingerprint density at radius 1 is 0.968 bits per heavy atom.